The summed E-state index contributed by atoms with van der Waals surface area (Å²) in [6, 6.07) is 35.6. The second kappa shape index (κ2) is 10.8. The lowest BCUT2D eigenvalue weighted by molar-refractivity contribution is 1.07. The Hall–Kier alpha value is -5.45. The van der Waals surface area contributed by atoms with Crippen LogP contribution in [0.2, 0.25) is 0 Å². The van der Waals surface area contributed by atoms with Crippen LogP contribution in [0, 0.1) is 0 Å². The van der Waals surface area contributed by atoms with Crippen LogP contribution in [0.5, 0.6) is 0 Å². The van der Waals surface area contributed by atoms with Crippen molar-refractivity contribution in [3.63, 3.8) is 0 Å². The molecule has 8 rings (SSSR count). The second-order valence-electron chi connectivity index (χ2n) is 9.99. The molecule has 202 valence electrons. The van der Waals surface area contributed by atoms with E-state index < -0.39 is 0 Å². The van der Waals surface area contributed by atoms with Gasteiger partial charge in [-0.25, -0.2) is 15.0 Å². The van der Waals surface area contributed by atoms with Gasteiger partial charge in [-0.2, -0.15) is 0 Å². The molecule has 0 bridgehead atoms. The molecule has 0 aliphatic rings. The van der Waals surface area contributed by atoms with Crippen LogP contribution in [0.3, 0.4) is 0 Å². The van der Waals surface area contributed by atoms with E-state index in [0.29, 0.717) is 42.9 Å². The van der Waals surface area contributed by atoms with Crippen molar-refractivity contribution in [2.24, 2.45) is 0 Å². The molecule has 0 aliphatic heterocycles. The van der Waals surface area contributed by atoms with Crippen molar-refractivity contribution in [1.82, 2.24) is 15.0 Å². The molecule has 0 unspecified atom stereocenters. The minimum absolute atomic E-state index is 0.0516. The highest BCUT2D eigenvalue weighted by Crippen LogP contribution is 2.41. The number of thiophene rings is 1. The predicted molar refractivity (Wildman–Crippen MR) is 180 cm³/mol. The Labute approximate surface area is 262 Å². The number of hydrogen-bond donors (Lipinski definition) is 0. The van der Waals surface area contributed by atoms with Gasteiger partial charge in [0.15, 0.2) is 17.5 Å². The predicted octanol–water partition coefficient (Wildman–Crippen LogP) is 10.6. The van der Waals surface area contributed by atoms with Crippen molar-refractivity contribution in [1.29, 1.82) is 0 Å². The molecule has 0 radical (unpaired) electrons. The van der Waals surface area contributed by atoms with Crippen LogP contribution < -0.4 is 0 Å². The molecule has 43 heavy (non-hydrogen) atoms. The van der Waals surface area contributed by atoms with Crippen LogP contribution in [0.25, 0.3) is 76.6 Å². The third-order valence-electron chi connectivity index (χ3n) is 7.28. The summed E-state index contributed by atoms with van der Waals surface area (Å²) in [4.78, 5) is 14.4. The molecule has 2 heterocycles. The van der Waals surface area contributed by atoms with Crippen LogP contribution in [-0.2, 0) is 0 Å². The smallest absolute Gasteiger partial charge is 0.164 e. The van der Waals surface area contributed by atoms with E-state index in [1.807, 2.05) is 115 Å². The zero-order chi connectivity index (χ0) is 33.8. The van der Waals surface area contributed by atoms with Crippen molar-refractivity contribution in [2.45, 2.75) is 0 Å². The van der Waals surface area contributed by atoms with Gasteiger partial charge in [0.1, 0.15) is 0 Å². The van der Waals surface area contributed by atoms with E-state index in [1.165, 1.54) is 0 Å². The van der Waals surface area contributed by atoms with Gasteiger partial charge < -0.3 is 0 Å². The zero-order valence-corrected chi connectivity index (χ0v) is 23.5. The fourth-order valence-electron chi connectivity index (χ4n) is 5.16. The third kappa shape index (κ3) is 4.78. The normalized spacial score (nSPS) is 13.2. The highest BCUT2D eigenvalue weighted by Gasteiger charge is 2.15. The van der Waals surface area contributed by atoms with E-state index in [4.69, 9.17) is 19.1 Å². The largest absolute Gasteiger partial charge is 0.208 e. The summed E-state index contributed by atoms with van der Waals surface area (Å²) in [7, 11) is 0. The number of hydrogen-bond acceptors (Lipinski definition) is 4. The fraction of sp³-hybridized carbons (Fsp3) is 0. The quantitative estimate of drug-likeness (QED) is 0.206. The van der Waals surface area contributed by atoms with Gasteiger partial charge >= 0.3 is 0 Å². The van der Waals surface area contributed by atoms with Crippen LogP contribution in [0.4, 0.5) is 0 Å². The summed E-state index contributed by atoms with van der Waals surface area (Å²) in [6.45, 7) is 0. The molecule has 0 saturated heterocycles. The number of nitrogens with zero attached hydrogens (tertiary/aromatic N) is 3. The Bertz CT molecular complexity index is 2540. The molecule has 6 aromatic carbocycles. The van der Waals surface area contributed by atoms with Crippen molar-refractivity contribution in [2.75, 3.05) is 0 Å². The first kappa shape index (κ1) is 19.6. The van der Waals surface area contributed by atoms with Crippen LogP contribution in [0.15, 0.2) is 152 Å². The minimum atomic E-state index is -0.236. The first-order chi connectivity index (χ1) is 23.8. The summed E-state index contributed by atoms with van der Waals surface area (Å²) in [5.74, 6) is 0.824. The standard InChI is InChI=1S/C39H25N3S/c1-4-11-26(12-5-1)27-19-21-30(22-20-27)38-40-37(29-15-8-3-9-16-29)41-39(42-38)31-23-24-33-35(25-31)43-34-18-10-17-32(36(33)34)28-13-6-2-7-14-28/h1-25H/i10D,17D,18D,23D,24D,25D. The van der Waals surface area contributed by atoms with Gasteiger partial charge in [0.2, 0.25) is 0 Å². The third-order valence-corrected chi connectivity index (χ3v) is 8.30. The molecule has 0 saturated carbocycles. The van der Waals surface area contributed by atoms with Crippen LogP contribution in [-0.4, -0.2) is 15.0 Å². The van der Waals surface area contributed by atoms with E-state index in [0.717, 1.165) is 33.6 Å². The molecular formula is C39H25N3S. The maximum Gasteiger partial charge on any atom is 0.164 e. The number of fused-ring (bicyclic) bond motifs is 3. The van der Waals surface area contributed by atoms with E-state index in [-0.39, 0.29) is 47.6 Å². The van der Waals surface area contributed by atoms with Crippen molar-refractivity contribution < 1.29 is 8.22 Å². The Kier molecular flexibility index (Phi) is 4.91. The van der Waals surface area contributed by atoms with Crippen molar-refractivity contribution >= 4 is 31.5 Å². The first-order valence-corrected chi connectivity index (χ1v) is 14.6. The second-order valence-corrected chi connectivity index (χ2v) is 11.0. The highest BCUT2D eigenvalue weighted by atomic mass is 32.1. The van der Waals surface area contributed by atoms with Gasteiger partial charge in [-0.1, -0.05) is 139 Å². The number of benzene rings is 6. The first-order valence-electron chi connectivity index (χ1n) is 16.8. The molecular weight excluding hydrogens is 543 g/mol. The molecule has 8 aromatic rings. The van der Waals surface area contributed by atoms with Crippen LogP contribution >= 0.6 is 11.3 Å². The molecule has 0 fully saturated rings. The molecule has 0 amide bonds. The SMILES string of the molecule is [2H]c1c([2H])c(-c2ccccc2)c2c(sc3c([2H])c(-c4nc(-c5ccccc5)nc(-c5ccc(-c6ccccc6)cc5)n4)c([2H])c([2H])c32)c1[2H]. The molecule has 3 nitrogen and oxygen atoms in total. The monoisotopic (exact) mass is 573 g/mol. The van der Waals surface area contributed by atoms with E-state index in [2.05, 4.69) is 0 Å². The lowest BCUT2D eigenvalue weighted by atomic mass is 9.99. The molecule has 0 aliphatic carbocycles. The maximum atomic E-state index is 9.43. The van der Waals surface area contributed by atoms with E-state index in [1.54, 1.807) is 0 Å². The lowest BCUT2D eigenvalue weighted by Crippen LogP contribution is -2.00. The Balaban J connectivity index is 1.38. The van der Waals surface area contributed by atoms with Crippen molar-refractivity contribution in [3.05, 3.63) is 152 Å². The van der Waals surface area contributed by atoms with Gasteiger partial charge in [0.05, 0.1) is 8.22 Å². The van der Waals surface area contributed by atoms with Gasteiger partial charge in [-0.05, 0) is 34.3 Å². The van der Waals surface area contributed by atoms with Crippen molar-refractivity contribution in [3.8, 4) is 56.4 Å². The summed E-state index contributed by atoms with van der Waals surface area (Å²) >= 11 is 1.13. The lowest BCUT2D eigenvalue weighted by Gasteiger charge is -2.09. The molecule has 0 spiro atoms. The summed E-state index contributed by atoms with van der Waals surface area (Å²) in [5.41, 5.74) is 4.73. The Morgan fingerprint density at radius 3 is 1.60 bits per heavy atom. The average Bonchev–Trinajstić information content (AvgIpc) is 3.55. The number of rotatable bonds is 5. The molecule has 2 aromatic heterocycles. The Morgan fingerprint density at radius 2 is 0.953 bits per heavy atom. The summed E-state index contributed by atoms with van der Waals surface area (Å²) < 4.78 is 54.8. The molecule has 0 N–H and O–H groups in total. The average molecular weight is 574 g/mol. The maximum absolute atomic E-state index is 9.43. The van der Waals surface area contributed by atoms with Crippen LogP contribution in [0.1, 0.15) is 8.22 Å². The number of aromatic nitrogens is 3. The Morgan fingerprint density at radius 1 is 0.442 bits per heavy atom. The molecule has 4 heteroatoms. The summed E-state index contributed by atoms with van der Waals surface area (Å²) in [5, 5.41) is 0.754. The van der Waals surface area contributed by atoms with E-state index in [9.17, 15) is 4.11 Å². The van der Waals surface area contributed by atoms with Gasteiger partial charge in [-0.15, -0.1) is 11.3 Å². The zero-order valence-electron chi connectivity index (χ0n) is 28.7. The highest BCUT2D eigenvalue weighted by molar-refractivity contribution is 7.26. The van der Waals surface area contributed by atoms with Gasteiger partial charge in [0, 0.05) is 36.9 Å². The fourth-order valence-corrected chi connectivity index (χ4v) is 6.18. The van der Waals surface area contributed by atoms with Gasteiger partial charge in [-0.3, -0.25) is 0 Å². The van der Waals surface area contributed by atoms with Gasteiger partial charge in [0.25, 0.3) is 0 Å². The molecule has 0 atom stereocenters. The minimum Gasteiger partial charge on any atom is -0.208 e. The summed E-state index contributed by atoms with van der Waals surface area (Å²) in [6.07, 6.45) is 0. The topological polar surface area (TPSA) is 38.7 Å². The van der Waals surface area contributed by atoms with E-state index >= 15 is 0 Å².